The molecule has 0 bridgehead atoms. The maximum atomic E-state index is 6.26. The van der Waals surface area contributed by atoms with Crippen LogP contribution in [0, 0.1) is 5.92 Å². The van der Waals surface area contributed by atoms with Crippen molar-refractivity contribution in [2.24, 2.45) is 5.92 Å². The van der Waals surface area contributed by atoms with Gasteiger partial charge in [0.05, 0.1) is 31.5 Å². The van der Waals surface area contributed by atoms with Gasteiger partial charge in [0.1, 0.15) is 0 Å². The van der Waals surface area contributed by atoms with Crippen LogP contribution in [0.3, 0.4) is 0 Å². The lowest BCUT2D eigenvalue weighted by atomic mass is 9.86. The van der Waals surface area contributed by atoms with E-state index in [9.17, 15) is 0 Å². The Labute approximate surface area is 119 Å². The van der Waals surface area contributed by atoms with Crippen LogP contribution >= 0.6 is 15.9 Å². The minimum atomic E-state index is 0.203. The molecule has 0 radical (unpaired) electrons. The molecule has 0 N–H and O–H groups in total. The lowest BCUT2D eigenvalue weighted by Gasteiger charge is -2.44. The average Bonchev–Trinajstić information content (AvgIpc) is 2.36. The predicted molar refractivity (Wildman–Crippen MR) is 75.2 cm³/mol. The Morgan fingerprint density at radius 2 is 1.89 bits per heavy atom. The number of hydrogen-bond acceptors (Lipinski definition) is 3. The van der Waals surface area contributed by atoms with E-state index in [4.69, 9.17) is 14.2 Å². The summed E-state index contributed by atoms with van der Waals surface area (Å²) in [6.07, 6.45) is 7.19. The molecule has 106 valence electrons. The number of rotatable bonds is 6. The zero-order chi connectivity index (χ0) is 13.0. The molecule has 2 rings (SSSR count). The summed E-state index contributed by atoms with van der Waals surface area (Å²) in [5.41, 5.74) is 0. The summed E-state index contributed by atoms with van der Waals surface area (Å²) in [6, 6.07) is 0. The van der Waals surface area contributed by atoms with Gasteiger partial charge in [-0.1, -0.05) is 35.7 Å². The molecule has 18 heavy (non-hydrogen) atoms. The van der Waals surface area contributed by atoms with E-state index in [2.05, 4.69) is 22.9 Å². The maximum absolute atomic E-state index is 6.26. The van der Waals surface area contributed by atoms with Crippen LogP contribution in [0.2, 0.25) is 0 Å². The van der Waals surface area contributed by atoms with E-state index >= 15 is 0 Å². The van der Waals surface area contributed by atoms with Crippen molar-refractivity contribution in [2.45, 2.75) is 62.2 Å². The van der Waals surface area contributed by atoms with Crippen LogP contribution < -0.4 is 0 Å². The van der Waals surface area contributed by atoms with Gasteiger partial charge in [-0.3, -0.25) is 0 Å². The highest BCUT2D eigenvalue weighted by Gasteiger charge is 2.43. The molecule has 0 aromatic rings. The molecule has 3 nitrogen and oxygen atoms in total. The summed E-state index contributed by atoms with van der Waals surface area (Å²) in [7, 11) is 1.70. The molecule has 5 atom stereocenters. The second kappa shape index (κ2) is 7.22. The van der Waals surface area contributed by atoms with E-state index in [0.717, 1.165) is 6.42 Å². The lowest BCUT2D eigenvalue weighted by Crippen LogP contribution is -2.53. The fourth-order valence-electron chi connectivity index (χ4n) is 2.85. The van der Waals surface area contributed by atoms with Crippen molar-refractivity contribution in [1.82, 2.24) is 0 Å². The molecule has 0 amide bonds. The van der Waals surface area contributed by atoms with Gasteiger partial charge in [0.25, 0.3) is 0 Å². The van der Waals surface area contributed by atoms with E-state index in [1.165, 1.54) is 25.7 Å². The first-order chi connectivity index (χ1) is 8.72. The second-order valence-corrected chi connectivity index (χ2v) is 6.73. The van der Waals surface area contributed by atoms with E-state index in [0.29, 0.717) is 30.1 Å². The van der Waals surface area contributed by atoms with Crippen LogP contribution in [-0.2, 0) is 14.2 Å². The number of ether oxygens (including phenoxy) is 3. The summed E-state index contributed by atoms with van der Waals surface area (Å²) in [5.74, 6) is 0.702. The van der Waals surface area contributed by atoms with Crippen LogP contribution in [0.5, 0.6) is 0 Å². The van der Waals surface area contributed by atoms with Gasteiger partial charge < -0.3 is 14.2 Å². The van der Waals surface area contributed by atoms with Crippen LogP contribution in [-0.4, -0.2) is 43.5 Å². The fraction of sp³-hybridized carbons (Fsp3) is 1.00. The largest absolute Gasteiger partial charge is 0.382 e. The number of halogens is 1. The van der Waals surface area contributed by atoms with Crippen molar-refractivity contribution in [3.63, 3.8) is 0 Å². The fourth-order valence-corrected chi connectivity index (χ4v) is 3.71. The lowest BCUT2D eigenvalue weighted by molar-refractivity contribution is -0.164. The van der Waals surface area contributed by atoms with Crippen LogP contribution in [0.4, 0.5) is 0 Å². The highest BCUT2D eigenvalue weighted by atomic mass is 79.9. The average molecular weight is 321 g/mol. The molecule has 4 heteroatoms. The first-order valence-electron chi connectivity index (χ1n) is 7.12. The predicted octanol–water partition coefficient (Wildman–Crippen LogP) is 3.15. The number of alkyl halides is 1. The molecule has 0 aliphatic heterocycles. The highest BCUT2D eigenvalue weighted by molar-refractivity contribution is 9.09. The monoisotopic (exact) mass is 320 g/mol. The van der Waals surface area contributed by atoms with Crippen molar-refractivity contribution in [3.8, 4) is 0 Å². The van der Waals surface area contributed by atoms with Gasteiger partial charge in [-0.05, 0) is 25.2 Å². The Morgan fingerprint density at radius 1 is 1.11 bits per heavy atom. The molecule has 0 heterocycles. The summed E-state index contributed by atoms with van der Waals surface area (Å²) < 4.78 is 17.1. The topological polar surface area (TPSA) is 27.7 Å². The van der Waals surface area contributed by atoms with E-state index in [-0.39, 0.29) is 12.2 Å². The standard InChI is InChI=1S/C14H25BrO3/c1-10-5-3-4-6-12(10)18-13-9-11(15)14(13)17-8-7-16-2/h10-14H,3-9H2,1-2H3. The van der Waals surface area contributed by atoms with Gasteiger partial charge in [-0.2, -0.15) is 0 Å². The normalized spacial score (nSPS) is 40.5. The summed E-state index contributed by atoms with van der Waals surface area (Å²) in [4.78, 5) is 0.443. The van der Waals surface area contributed by atoms with Crippen LogP contribution in [0.1, 0.15) is 39.0 Å². The SMILES string of the molecule is COCCOC1C(Br)CC1OC1CCCCC1C. The minimum Gasteiger partial charge on any atom is -0.382 e. The molecule has 0 saturated heterocycles. The van der Waals surface area contributed by atoms with Crippen molar-refractivity contribution in [1.29, 1.82) is 0 Å². The van der Waals surface area contributed by atoms with E-state index in [1.807, 2.05) is 0 Å². The zero-order valence-electron chi connectivity index (χ0n) is 11.4. The molecule has 5 unspecified atom stereocenters. The Morgan fingerprint density at radius 3 is 2.56 bits per heavy atom. The third-order valence-electron chi connectivity index (χ3n) is 4.16. The van der Waals surface area contributed by atoms with Gasteiger partial charge in [0, 0.05) is 11.9 Å². The first kappa shape index (κ1) is 14.8. The summed E-state index contributed by atoms with van der Waals surface area (Å²) in [5, 5.41) is 0. The van der Waals surface area contributed by atoms with Gasteiger partial charge >= 0.3 is 0 Å². The summed E-state index contributed by atoms with van der Waals surface area (Å²) in [6.45, 7) is 3.63. The van der Waals surface area contributed by atoms with Crippen LogP contribution in [0.25, 0.3) is 0 Å². The number of methoxy groups -OCH3 is 1. The Balaban J connectivity index is 1.74. The first-order valence-corrected chi connectivity index (χ1v) is 8.04. The molecule has 0 aromatic carbocycles. The molecule has 2 fully saturated rings. The van der Waals surface area contributed by atoms with Crippen molar-refractivity contribution >= 4 is 15.9 Å². The third kappa shape index (κ3) is 3.69. The third-order valence-corrected chi connectivity index (χ3v) is 5.06. The molecule has 0 spiro atoms. The second-order valence-electron chi connectivity index (χ2n) is 5.55. The Bertz CT molecular complexity index is 249. The Hall–Kier alpha value is 0.360. The number of hydrogen-bond donors (Lipinski definition) is 0. The molecule has 2 aliphatic carbocycles. The Kier molecular flexibility index (Phi) is 5.93. The highest BCUT2D eigenvalue weighted by Crippen LogP contribution is 2.37. The molecule has 0 aromatic heterocycles. The van der Waals surface area contributed by atoms with Crippen LogP contribution in [0.15, 0.2) is 0 Å². The van der Waals surface area contributed by atoms with Crippen molar-refractivity contribution in [2.75, 3.05) is 20.3 Å². The van der Waals surface area contributed by atoms with Crippen molar-refractivity contribution < 1.29 is 14.2 Å². The van der Waals surface area contributed by atoms with Gasteiger partial charge in [-0.15, -0.1) is 0 Å². The van der Waals surface area contributed by atoms with Gasteiger partial charge in [0.2, 0.25) is 0 Å². The van der Waals surface area contributed by atoms with E-state index in [1.54, 1.807) is 7.11 Å². The van der Waals surface area contributed by atoms with Crippen molar-refractivity contribution in [3.05, 3.63) is 0 Å². The quantitative estimate of drug-likeness (QED) is 0.556. The zero-order valence-corrected chi connectivity index (χ0v) is 13.0. The maximum Gasteiger partial charge on any atom is 0.0963 e. The molecular weight excluding hydrogens is 296 g/mol. The van der Waals surface area contributed by atoms with Gasteiger partial charge in [0.15, 0.2) is 0 Å². The van der Waals surface area contributed by atoms with E-state index < -0.39 is 0 Å². The molecular formula is C14H25BrO3. The molecule has 2 aliphatic rings. The summed E-state index contributed by atoms with van der Waals surface area (Å²) >= 11 is 3.65. The van der Waals surface area contributed by atoms with Gasteiger partial charge in [-0.25, -0.2) is 0 Å². The smallest absolute Gasteiger partial charge is 0.0963 e. The molecule has 2 saturated carbocycles. The minimum absolute atomic E-state index is 0.203.